The molecule has 3 aromatic rings. The Balaban J connectivity index is 1.65. The lowest BCUT2D eigenvalue weighted by atomic mass is 10.1. The Hall–Kier alpha value is -2.71. The van der Waals surface area contributed by atoms with E-state index >= 15 is 0 Å². The molecule has 0 saturated heterocycles. The van der Waals surface area contributed by atoms with Crippen LogP contribution in [0.5, 0.6) is 0 Å². The predicted octanol–water partition coefficient (Wildman–Crippen LogP) is 4.07. The van der Waals surface area contributed by atoms with Crippen molar-refractivity contribution in [2.75, 3.05) is 15.4 Å². The third kappa shape index (κ3) is 5.17. The van der Waals surface area contributed by atoms with Crippen LogP contribution in [0.4, 0.5) is 11.4 Å². The van der Waals surface area contributed by atoms with Gasteiger partial charge in [0.2, 0.25) is 0 Å². The van der Waals surface area contributed by atoms with E-state index in [1.807, 2.05) is 18.2 Å². The lowest BCUT2D eigenvalue weighted by Crippen LogP contribution is -2.13. The summed E-state index contributed by atoms with van der Waals surface area (Å²) in [5.41, 5.74) is 2.59. The molecule has 1 aromatic heterocycles. The Morgan fingerprint density at radius 1 is 0.929 bits per heavy atom. The SMILES string of the molecule is O=C(CBr)c1ccc(NS(=O)(=O)c2ccc(NCc3ccccn3)cc2)cc1. The van der Waals surface area contributed by atoms with Crippen LogP contribution in [0.15, 0.2) is 77.8 Å². The Morgan fingerprint density at radius 3 is 2.21 bits per heavy atom. The standard InChI is InChI=1S/C20H18BrN3O3S/c21-13-20(25)15-4-6-17(7-5-15)24-28(26,27)19-10-8-16(9-11-19)23-14-18-3-1-2-12-22-18/h1-12,23-24H,13-14H2. The number of ketones is 1. The van der Waals surface area contributed by atoms with Gasteiger partial charge in [0.15, 0.2) is 5.78 Å². The highest BCUT2D eigenvalue weighted by molar-refractivity contribution is 9.09. The number of carbonyl (C=O) groups excluding carboxylic acids is 1. The number of benzene rings is 2. The quantitative estimate of drug-likeness (QED) is 0.391. The number of carbonyl (C=O) groups is 1. The molecule has 0 bridgehead atoms. The second-order valence-electron chi connectivity index (χ2n) is 5.94. The highest BCUT2D eigenvalue weighted by Gasteiger charge is 2.14. The second kappa shape index (κ2) is 8.99. The van der Waals surface area contributed by atoms with Gasteiger partial charge in [-0.25, -0.2) is 8.42 Å². The van der Waals surface area contributed by atoms with Gasteiger partial charge in [-0.2, -0.15) is 0 Å². The van der Waals surface area contributed by atoms with Gasteiger partial charge in [0.1, 0.15) is 0 Å². The first-order valence-electron chi connectivity index (χ1n) is 8.44. The van der Waals surface area contributed by atoms with Crippen LogP contribution in [0, 0.1) is 0 Å². The average molecular weight is 460 g/mol. The molecular weight excluding hydrogens is 442 g/mol. The van der Waals surface area contributed by atoms with Gasteiger partial charge < -0.3 is 5.32 Å². The van der Waals surface area contributed by atoms with Crippen LogP contribution in [0.2, 0.25) is 0 Å². The van der Waals surface area contributed by atoms with Crippen molar-refractivity contribution in [1.82, 2.24) is 4.98 Å². The largest absolute Gasteiger partial charge is 0.379 e. The van der Waals surface area contributed by atoms with Crippen LogP contribution in [-0.2, 0) is 16.6 Å². The number of sulfonamides is 1. The molecule has 6 nitrogen and oxygen atoms in total. The first-order valence-corrected chi connectivity index (χ1v) is 11.0. The molecule has 1 heterocycles. The molecule has 3 rings (SSSR count). The first-order chi connectivity index (χ1) is 13.5. The van der Waals surface area contributed by atoms with Gasteiger partial charge >= 0.3 is 0 Å². The lowest BCUT2D eigenvalue weighted by Gasteiger charge is -2.10. The molecule has 0 aliphatic rings. The van der Waals surface area contributed by atoms with Gasteiger partial charge in [0.05, 0.1) is 22.5 Å². The predicted molar refractivity (Wildman–Crippen MR) is 113 cm³/mol. The van der Waals surface area contributed by atoms with Crippen molar-refractivity contribution in [3.05, 3.63) is 84.2 Å². The molecule has 0 saturated carbocycles. The number of anilines is 2. The van der Waals surface area contributed by atoms with Crippen molar-refractivity contribution >= 4 is 43.1 Å². The van der Waals surface area contributed by atoms with Crippen molar-refractivity contribution in [3.63, 3.8) is 0 Å². The molecule has 0 aliphatic heterocycles. The molecule has 0 atom stereocenters. The molecule has 0 spiro atoms. The minimum Gasteiger partial charge on any atom is -0.379 e. The molecule has 28 heavy (non-hydrogen) atoms. The molecule has 0 fully saturated rings. The fraction of sp³-hybridized carbons (Fsp3) is 0.100. The summed E-state index contributed by atoms with van der Waals surface area (Å²) in [6.07, 6.45) is 1.72. The summed E-state index contributed by atoms with van der Waals surface area (Å²) in [4.78, 5) is 16.0. The number of hydrogen-bond acceptors (Lipinski definition) is 5. The van der Waals surface area contributed by atoms with E-state index < -0.39 is 10.0 Å². The van der Waals surface area contributed by atoms with Crippen molar-refractivity contribution < 1.29 is 13.2 Å². The van der Waals surface area contributed by atoms with E-state index in [2.05, 4.69) is 31.0 Å². The monoisotopic (exact) mass is 459 g/mol. The van der Waals surface area contributed by atoms with Crippen LogP contribution in [-0.4, -0.2) is 24.5 Å². The van der Waals surface area contributed by atoms with E-state index in [0.717, 1.165) is 11.4 Å². The summed E-state index contributed by atoms with van der Waals surface area (Å²) >= 11 is 3.11. The average Bonchev–Trinajstić information content (AvgIpc) is 2.73. The number of rotatable bonds is 8. The summed E-state index contributed by atoms with van der Waals surface area (Å²) in [5, 5.41) is 3.42. The van der Waals surface area contributed by atoms with E-state index in [1.54, 1.807) is 42.6 Å². The third-order valence-electron chi connectivity index (χ3n) is 3.94. The van der Waals surface area contributed by atoms with Crippen LogP contribution >= 0.6 is 15.9 Å². The number of Topliss-reactive ketones (excluding diaryl/α,β-unsaturated/α-hetero) is 1. The summed E-state index contributed by atoms with van der Waals surface area (Å²) in [6.45, 7) is 0.546. The van der Waals surface area contributed by atoms with Crippen LogP contribution in [0.1, 0.15) is 16.1 Å². The summed E-state index contributed by atoms with van der Waals surface area (Å²) in [7, 11) is -3.72. The zero-order chi connectivity index (χ0) is 20.0. The lowest BCUT2D eigenvalue weighted by molar-refractivity contribution is 0.102. The molecule has 8 heteroatoms. The number of nitrogens with zero attached hydrogens (tertiary/aromatic N) is 1. The minimum atomic E-state index is -3.72. The van der Waals surface area contributed by atoms with E-state index in [9.17, 15) is 13.2 Å². The zero-order valence-electron chi connectivity index (χ0n) is 14.8. The number of pyridine rings is 1. The molecule has 0 radical (unpaired) electrons. The van der Waals surface area contributed by atoms with Crippen LogP contribution < -0.4 is 10.0 Å². The van der Waals surface area contributed by atoms with Gasteiger partial charge in [0, 0.05) is 23.1 Å². The normalized spacial score (nSPS) is 11.0. The maximum Gasteiger partial charge on any atom is 0.261 e. The number of hydrogen-bond donors (Lipinski definition) is 2. The maximum atomic E-state index is 12.6. The zero-order valence-corrected chi connectivity index (χ0v) is 17.2. The molecule has 144 valence electrons. The molecule has 0 unspecified atom stereocenters. The Bertz CT molecular complexity index is 1040. The van der Waals surface area contributed by atoms with E-state index in [4.69, 9.17) is 0 Å². The fourth-order valence-corrected chi connectivity index (χ4v) is 3.85. The Morgan fingerprint density at radius 2 is 1.61 bits per heavy atom. The Labute approximate surface area is 172 Å². The van der Waals surface area contributed by atoms with E-state index in [0.29, 0.717) is 17.8 Å². The summed E-state index contributed by atoms with van der Waals surface area (Å²) in [6, 6.07) is 18.5. The van der Waals surface area contributed by atoms with Gasteiger partial charge in [-0.3, -0.25) is 14.5 Å². The van der Waals surface area contributed by atoms with Crippen LogP contribution in [0.25, 0.3) is 0 Å². The first kappa shape index (κ1) is 20.0. The topological polar surface area (TPSA) is 88.2 Å². The third-order valence-corrected chi connectivity index (χ3v) is 5.85. The number of nitrogens with one attached hydrogen (secondary N) is 2. The Kier molecular flexibility index (Phi) is 6.43. The van der Waals surface area contributed by atoms with Crippen molar-refractivity contribution in [1.29, 1.82) is 0 Å². The molecule has 0 aliphatic carbocycles. The fourth-order valence-electron chi connectivity index (χ4n) is 2.46. The van der Waals surface area contributed by atoms with Gasteiger partial charge in [-0.05, 0) is 60.7 Å². The van der Waals surface area contributed by atoms with E-state index in [-0.39, 0.29) is 16.0 Å². The molecule has 0 amide bonds. The van der Waals surface area contributed by atoms with Gasteiger partial charge in [-0.15, -0.1) is 0 Å². The highest BCUT2D eigenvalue weighted by atomic mass is 79.9. The number of aromatic nitrogens is 1. The van der Waals surface area contributed by atoms with Crippen molar-refractivity contribution in [2.24, 2.45) is 0 Å². The second-order valence-corrected chi connectivity index (χ2v) is 8.18. The molecule has 2 N–H and O–H groups in total. The maximum absolute atomic E-state index is 12.6. The highest BCUT2D eigenvalue weighted by Crippen LogP contribution is 2.19. The van der Waals surface area contributed by atoms with E-state index in [1.165, 1.54) is 12.1 Å². The van der Waals surface area contributed by atoms with Crippen LogP contribution in [0.3, 0.4) is 0 Å². The molecule has 2 aromatic carbocycles. The van der Waals surface area contributed by atoms with Gasteiger partial charge in [-0.1, -0.05) is 22.0 Å². The van der Waals surface area contributed by atoms with Crippen molar-refractivity contribution in [2.45, 2.75) is 11.4 Å². The minimum absolute atomic E-state index is 0.0665. The van der Waals surface area contributed by atoms with Crippen molar-refractivity contribution in [3.8, 4) is 0 Å². The summed E-state index contributed by atoms with van der Waals surface area (Å²) in [5.74, 6) is -0.0665. The molecular formula is C20H18BrN3O3S. The smallest absolute Gasteiger partial charge is 0.261 e. The van der Waals surface area contributed by atoms with Gasteiger partial charge in [0.25, 0.3) is 10.0 Å². The number of halogens is 1. The summed E-state index contributed by atoms with van der Waals surface area (Å²) < 4.78 is 27.6. The number of alkyl halides is 1.